The number of rotatable bonds is 5. The van der Waals surface area contributed by atoms with Crippen LogP contribution in [0.1, 0.15) is 30.0 Å². The first kappa shape index (κ1) is 20.8. The molecule has 0 bridgehead atoms. The average Bonchev–Trinajstić information content (AvgIpc) is 3.29. The number of ether oxygens (including phenoxy) is 1. The van der Waals surface area contributed by atoms with Gasteiger partial charge < -0.3 is 14.3 Å². The molecule has 1 aromatic heterocycles. The van der Waals surface area contributed by atoms with E-state index in [9.17, 15) is 14.7 Å². The minimum absolute atomic E-state index is 0.0597. The molecular formula is C24H20ClNO5. The van der Waals surface area contributed by atoms with E-state index in [-0.39, 0.29) is 11.3 Å². The number of amides is 1. The Morgan fingerprint density at radius 3 is 2.48 bits per heavy atom. The number of aliphatic hydroxyl groups is 1. The molecule has 6 nitrogen and oxygen atoms in total. The lowest BCUT2D eigenvalue weighted by atomic mass is 9.99. The highest BCUT2D eigenvalue weighted by Gasteiger charge is 2.48. The van der Waals surface area contributed by atoms with Crippen LogP contribution in [0.15, 0.2) is 70.7 Å². The molecule has 0 radical (unpaired) electrons. The summed E-state index contributed by atoms with van der Waals surface area (Å²) in [6, 6.07) is 15.8. The molecule has 2 heterocycles. The standard InChI is InChI=1S/C24H20ClNO5/c1-3-30-18-10-8-17(9-11-18)26-21(19-12-7-14(2)31-19)20(23(28)24(26)29)22(27)15-5-4-6-16(25)13-15/h4-13,21,27H,3H2,1-2H3/b22-20-. The quantitative estimate of drug-likeness (QED) is 0.334. The maximum absolute atomic E-state index is 13.1. The van der Waals surface area contributed by atoms with Gasteiger partial charge in [0.25, 0.3) is 11.7 Å². The molecule has 1 aliphatic rings. The molecule has 2 aromatic carbocycles. The number of Topliss-reactive ketones (excluding diaryl/α,β-unsaturated/α-hetero) is 1. The highest BCUT2D eigenvalue weighted by atomic mass is 35.5. The van der Waals surface area contributed by atoms with Gasteiger partial charge in [0, 0.05) is 16.3 Å². The zero-order chi connectivity index (χ0) is 22.1. The number of hydrogen-bond donors (Lipinski definition) is 1. The van der Waals surface area contributed by atoms with Crippen LogP contribution in [-0.4, -0.2) is 23.4 Å². The number of aliphatic hydroxyl groups excluding tert-OH is 1. The monoisotopic (exact) mass is 437 g/mol. The molecule has 0 aliphatic carbocycles. The maximum Gasteiger partial charge on any atom is 0.300 e. The zero-order valence-electron chi connectivity index (χ0n) is 17.0. The molecule has 1 amide bonds. The number of furan rings is 1. The summed E-state index contributed by atoms with van der Waals surface area (Å²) in [5.74, 6) is -0.234. The number of nitrogens with zero attached hydrogens (tertiary/aromatic N) is 1. The molecule has 0 saturated carbocycles. The van der Waals surface area contributed by atoms with Gasteiger partial charge in [0.1, 0.15) is 29.1 Å². The van der Waals surface area contributed by atoms with Gasteiger partial charge in [-0.05, 0) is 62.4 Å². The van der Waals surface area contributed by atoms with Gasteiger partial charge in [-0.25, -0.2) is 0 Å². The summed E-state index contributed by atoms with van der Waals surface area (Å²) in [6.45, 7) is 4.15. The average molecular weight is 438 g/mol. The first-order chi connectivity index (χ1) is 14.9. The maximum atomic E-state index is 13.1. The second kappa shape index (κ2) is 8.32. The van der Waals surface area contributed by atoms with Gasteiger partial charge in [0.15, 0.2) is 0 Å². The van der Waals surface area contributed by atoms with E-state index in [0.29, 0.717) is 40.2 Å². The molecule has 1 atom stereocenters. The Balaban J connectivity index is 1.88. The summed E-state index contributed by atoms with van der Waals surface area (Å²) < 4.78 is 11.2. The number of hydrogen-bond acceptors (Lipinski definition) is 5. The minimum atomic E-state index is -0.925. The van der Waals surface area contributed by atoms with Gasteiger partial charge in [0.2, 0.25) is 0 Å². The Labute approximate surface area is 184 Å². The number of anilines is 1. The summed E-state index contributed by atoms with van der Waals surface area (Å²) in [7, 11) is 0. The van der Waals surface area contributed by atoms with Gasteiger partial charge >= 0.3 is 0 Å². The summed E-state index contributed by atoms with van der Waals surface area (Å²) in [5, 5.41) is 11.4. The van der Waals surface area contributed by atoms with E-state index in [0.717, 1.165) is 0 Å². The van der Waals surface area contributed by atoms with E-state index in [1.165, 1.54) is 11.0 Å². The van der Waals surface area contributed by atoms with Gasteiger partial charge in [-0.3, -0.25) is 14.5 Å². The highest BCUT2D eigenvalue weighted by molar-refractivity contribution is 6.51. The van der Waals surface area contributed by atoms with Crippen molar-refractivity contribution in [2.75, 3.05) is 11.5 Å². The fourth-order valence-corrected chi connectivity index (χ4v) is 3.82. The van der Waals surface area contributed by atoms with Crippen LogP contribution in [0.25, 0.3) is 5.76 Å². The van der Waals surface area contributed by atoms with Crippen LogP contribution < -0.4 is 9.64 Å². The van der Waals surface area contributed by atoms with E-state index in [4.69, 9.17) is 20.8 Å². The second-order valence-corrected chi connectivity index (χ2v) is 7.49. The van der Waals surface area contributed by atoms with Crippen molar-refractivity contribution >= 4 is 34.7 Å². The smallest absolute Gasteiger partial charge is 0.300 e. The normalized spacial score (nSPS) is 17.9. The second-order valence-electron chi connectivity index (χ2n) is 7.05. The number of ketones is 1. The lowest BCUT2D eigenvalue weighted by Crippen LogP contribution is -2.29. The molecule has 1 fully saturated rings. The Bertz CT molecular complexity index is 1180. The van der Waals surface area contributed by atoms with Crippen LogP contribution in [-0.2, 0) is 9.59 Å². The van der Waals surface area contributed by atoms with Crippen LogP contribution in [0, 0.1) is 6.92 Å². The molecule has 31 heavy (non-hydrogen) atoms. The van der Waals surface area contributed by atoms with Gasteiger partial charge in [-0.2, -0.15) is 0 Å². The van der Waals surface area contributed by atoms with E-state index < -0.39 is 17.7 Å². The third-order valence-electron chi connectivity index (χ3n) is 5.00. The molecule has 7 heteroatoms. The molecular weight excluding hydrogens is 418 g/mol. The molecule has 1 saturated heterocycles. The summed E-state index contributed by atoms with van der Waals surface area (Å²) in [4.78, 5) is 27.4. The van der Waals surface area contributed by atoms with Gasteiger partial charge in [-0.1, -0.05) is 23.7 Å². The first-order valence-corrected chi connectivity index (χ1v) is 10.1. The number of benzene rings is 2. The third-order valence-corrected chi connectivity index (χ3v) is 5.23. The molecule has 3 aromatic rings. The Morgan fingerprint density at radius 2 is 1.87 bits per heavy atom. The molecule has 0 spiro atoms. The predicted molar refractivity (Wildman–Crippen MR) is 117 cm³/mol. The Hall–Kier alpha value is -3.51. The first-order valence-electron chi connectivity index (χ1n) is 9.77. The number of carbonyl (C=O) groups is 2. The third kappa shape index (κ3) is 3.82. The fraction of sp³-hybridized carbons (Fsp3) is 0.167. The van der Waals surface area contributed by atoms with Crippen molar-refractivity contribution in [3.05, 3.63) is 88.3 Å². The SMILES string of the molecule is CCOc1ccc(N2C(=O)C(=O)/C(=C(\O)c3cccc(Cl)c3)C2c2ccc(C)o2)cc1. The number of carbonyl (C=O) groups excluding carboxylic acids is 2. The minimum Gasteiger partial charge on any atom is -0.507 e. The molecule has 158 valence electrons. The van der Waals surface area contributed by atoms with Crippen LogP contribution in [0.4, 0.5) is 5.69 Å². The molecule has 1 aliphatic heterocycles. The van der Waals surface area contributed by atoms with E-state index in [1.54, 1.807) is 61.5 Å². The summed E-state index contributed by atoms with van der Waals surface area (Å²) in [5.41, 5.74) is 0.760. The lowest BCUT2D eigenvalue weighted by Gasteiger charge is -2.23. The molecule has 1 unspecified atom stereocenters. The number of halogens is 1. The van der Waals surface area contributed by atoms with Gasteiger partial charge in [0.05, 0.1) is 12.2 Å². The van der Waals surface area contributed by atoms with E-state index >= 15 is 0 Å². The highest BCUT2D eigenvalue weighted by Crippen LogP contribution is 2.43. The lowest BCUT2D eigenvalue weighted by molar-refractivity contribution is -0.132. The van der Waals surface area contributed by atoms with Crippen molar-refractivity contribution in [3.8, 4) is 5.75 Å². The predicted octanol–water partition coefficient (Wildman–Crippen LogP) is 5.27. The van der Waals surface area contributed by atoms with Crippen molar-refractivity contribution < 1.29 is 23.8 Å². The molecule has 1 N–H and O–H groups in total. The number of aryl methyl sites for hydroxylation is 1. The summed E-state index contributed by atoms with van der Waals surface area (Å²) >= 11 is 6.06. The van der Waals surface area contributed by atoms with E-state index in [2.05, 4.69) is 0 Å². The topological polar surface area (TPSA) is 80.0 Å². The largest absolute Gasteiger partial charge is 0.507 e. The van der Waals surface area contributed by atoms with Crippen LogP contribution in [0.3, 0.4) is 0 Å². The van der Waals surface area contributed by atoms with Gasteiger partial charge in [-0.15, -0.1) is 0 Å². The van der Waals surface area contributed by atoms with Crippen LogP contribution in [0.5, 0.6) is 5.75 Å². The zero-order valence-corrected chi connectivity index (χ0v) is 17.7. The van der Waals surface area contributed by atoms with E-state index in [1.807, 2.05) is 6.92 Å². The summed E-state index contributed by atoms with van der Waals surface area (Å²) in [6.07, 6.45) is 0. The van der Waals surface area contributed by atoms with Crippen molar-refractivity contribution in [3.63, 3.8) is 0 Å². The van der Waals surface area contributed by atoms with Crippen LogP contribution in [0.2, 0.25) is 5.02 Å². The fourth-order valence-electron chi connectivity index (χ4n) is 3.63. The Kier molecular flexibility index (Phi) is 5.57. The van der Waals surface area contributed by atoms with Crippen molar-refractivity contribution in [1.29, 1.82) is 0 Å². The van der Waals surface area contributed by atoms with Crippen LogP contribution >= 0.6 is 11.6 Å². The van der Waals surface area contributed by atoms with Crippen molar-refractivity contribution in [2.24, 2.45) is 0 Å². The molecule has 4 rings (SSSR count). The van der Waals surface area contributed by atoms with Crippen molar-refractivity contribution in [2.45, 2.75) is 19.9 Å². The van der Waals surface area contributed by atoms with Crippen molar-refractivity contribution in [1.82, 2.24) is 0 Å². The Morgan fingerprint density at radius 1 is 1.13 bits per heavy atom.